The standard InChI is InChI=1S/C51H33N3OS/c1-4-13-32(14-5-1)33-25-27-36(28-26-33)50-52-49(35-17-8-3-9-18-35)53-51(54-50)42-23-12-24-45-46(42)43-31-37(29-30-44(43)55-45)39-20-11-22-41-40-21-10-19-38(47(40)56-48(39)41)34-15-6-2-7-16-34/h1-25,27,29-31H,26,28H2. The molecule has 7 aromatic carbocycles. The molecule has 0 radical (unpaired) electrons. The first kappa shape index (κ1) is 32.5. The number of fused-ring (bicyclic) bond motifs is 6. The molecule has 264 valence electrons. The van der Waals surface area contributed by atoms with Gasteiger partial charge in [-0.15, -0.1) is 11.3 Å². The summed E-state index contributed by atoms with van der Waals surface area (Å²) in [5, 5.41) is 4.59. The van der Waals surface area contributed by atoms with Gasteiger partial charge in [-0.3, -0.25) is 0 Å². The molecule has 4 nitrogen and oxygen atoms in total. The largest absolute Gasteiger partial charge is 0.456 e. The number of nitrogens with zero attached hydrogens (tertiary/aromatic N) is 3. The van der Waals surface area contributed by atoms with Crippen LogP contribution in [-0.4, -0.2) is 15.0 Å². The molecule has 0 aliphatic heterocycles. The van der Waals surface area contributed by atoms with Crippen molar-refractivity contribution in [2.24, 2.45) is 0 Å². The SMILES string of the molecule is C1=C(c2ccccc2)CCC(c2nc(-c3ccccc3)nc(-c3cccc4oc5ccc(-c6cccc7c6sc6c(-c8ccccc8)cccc67)cc5c34)n2)=C1. The van der Waals surface area contributed by atoms with E-state index in [2.05, 4.69) is 146 Å². The predicted octanol–water partition coefficient (Wildman–Crippen LogP) is 14.1. The molecule has 11 rings (SSSR count). The molecule has 0 atom stereocenters. The second-order valence-electron chi connectivity index (χ2n) is 14.2. The highest BCUT2D eigenvalue weighted by atomic mass is 32.1. The van der Waals surface area contributed by atoms with Crippen LogP contribution in [0.3, 0.4) is 0 Å². The lowest BCUT2D eigenvalue weighted by atomic mass is 9.93. The number of thiophene rings is 1. The maximum atomic E-state index is 6.53. The van der Waals surface area contributed by atoms with Gasteiger partial charge < -0.3 is 4.42 Å². The van der Waals surface area contributed by atoms with Gasteiger partial charge in [-0.2, -0.15) is 0 Å². The van der Waals surface area contributed by atoms with Gasteiger partial charge in [0.05, 0.1) is 0 Å². The highest BCUT2D eigenvalue weighted by Crippen LogP contribution is 2.45. The summed E-state index contributed by atoms with van der Waals surface area (Å²) in [5.41, 5.74) is 12.0. The smallest absolute Gasteiger partial charge is 0.164 e. The van der Waals surface area contributed by atoms with Crippen molar-refractivity contribution in [1.29, 1.82) is 0 Å². The summed E-state index contributed by atoms with van der Waals surface area (Å²) >= 11 is 1.87. The molecule has 3 aromatic heterocycles. The number of furan rings is 1. The molecule has 0 unspecified atom stereocenters. The van der Waals surface area contributed by atoms with Crippen molar-refractivity contribution in [2.45, 2.75) is 12.8 Å². The van der Waals surface area contributed by atoms with Crippen molar-refractivity contribution in [1.82, 2.24) is 15.0 Å². The Bertz CT molecular complexity index is 3180. The van der Waals surface area contributed by atoms with E-state index < -0.39 is 0 Å². The Hall–Kier alpha value is -6.95. The van der Waals surface area contributed by atoms with Gasteiger partial charge in [-0.05, 0) is 70.0 Å². The van der Waals surface area contributed by atoms with Crippen molar-refractivity contribution in [3.8, 4) is 45.0 Å². The van der Waals surface area contributed by atoms with E-state index in [0.717, 1.165) is 57.0 Å². The first-order chi connectivity index (χ1) is 27.7. The Morgan fingerprint density at radius 1 is 0.393 bits per heavy atom. The molecule has 0 saturated heterocycles. The Kier molecular flexibility index (Phi) is 7.78. The Morgan fingerprint density at radius 2 is 0.964 bits per heavy atom. The van der Waals surface area contributed by atoms with E-state index in [0.29, 0.717) is 17.5 Å². The Labute approximate surface area is 327 Å². The minimum Gasteiger partial charge on any atom is -0.456 e. The van der Waals surface area contributed by atoms with Crippen LogP contribution < -0.4 is 0 Å². The molecular formula is C51H33N3OS. The highest BCUT2D eigenvalue weighted by Gasteiger charge is 2.21. The molecule has 0 saturated carbocycles. The van der Waals surface area contributed by atoms with Crippen LogP contribution in [0.2, 0.25) is 0 Å². The number of aromatic nitrogens is 3. The molecular weight excluding hydrogens is 703 g/mol. The molecule has 56 heavy (non-hydrogen) atoms. The summed E-state index contributed by atoms with van der Waals surface area (Å²) in [6.07, 6.45) is 6.15. The second-order valence-corrected chi connectivity index (χ2v) is 15.3. The lowest BCUT2D eigenvalue weighted by molar-refractivity contribution is 0.669. The van der Waals surface area contributed by atoms with Gasteiger partial charge in [0.2, 0.25) is 0 Å². The van der Waals surface area contributed by atoms with Crippen LogP contribution in [0.15, 0.2) is 180 Å². The highest BCUT2D eigenvalue weighted by molar-refractivity contribution is 7.26. The Balaban J connectivity index is 1.07. The van der Waals surface area contributed by atoms with Crippen molar-refractivity contribution in [3.63, 3.8) is 0 Å². The molecule has 0 fully saturated rings. The lowest BCUT2D eigenvalue weighted by Crippen LogP contribution is -2.04. The molecule has 0 N–H and O–H groups in total. The van der Waals surface area contributed by atoms with E-state index in [1.165, 1.54) is 48.0 Å². The van der Waals surface area contributed by atoms with Crippen LogP contribution >= 0.6 is 11.3 Å². The van der Waals surface area contributed by atoms with Crippen molar-refractivity contribution in [2.75, 3.05) is 0 Å². The third-order valence-electron chi connectivity index (χ3n) is 10.9. The third-order valence-corrected chi connectivity index (χ3v) is 12.2. The van der Waals surface area contributed by atoms with Crippen LogP contribution in [-0.2, 0) is 0 Å². The van der Waals surface area contributed by atoms with E-state index in [1.54, 1.807) is 0 Å². The zero-order chi connectivity index (χ0) is 37.0. The number of hydrogen-bond donors (Lipinski definition) is 0. The van der Waals surface area contributed by atoms with Crippen LogP contribution in [0.1, 0.15) is 24.2 Å². The lowest BCUT2D eigenvalue weighted by Gasteiger charge is -2.16. The predicted molar refractivity (Wildman–Crippen MR) is 233 cm³/mol. The fraction of sp³-hybridized carbons (Fsp3) is 0.0392. The van der Waals surface area contributed by atoms with E-state index >= 15 is 0 Å². The topological polar surface area (TPSA) is 51.8 Å². The van der Waals surface area contributed by atoms with Crippen molar-refractivity contribution < 1.29 is 4.42 Å². The Morgan fingerprint density at radius 3 is 1.66 bits per heavy atom. The van der Waals surface area contributed by atoms with Gasteiger partial charge in [0, 0.05) is 42.1 Å². The molecule has 5 heteroatoms. The van der Waals surface area contributed by atoms with Crippen LogP contribution in [0.25, 0.3) is 98.3 Å². The third kappa shape index (κ3) is 5.55. The van der Waals surface area contributed by atoms with E-state index in [9.17, 15) is 0 Å². The molecule has 3 heterocycles. The molecule has 1 aliphatic carbocycles. The fourth-order valence-corrected chi connectivity index (χ4v) is 9.52. The average Bonchev–Trinajstić information content (AvgIpc) is 3.86. The molecule has 10 aromatic rings. The fourth-order valence-electron chi connectivity index (χ4n) is 8.15. The first-order valence-corrected chi connectivity index (χ1v) is 19.8. The van der Waals surface area contributed by atoms with Crippen molar-refractivity contribution >= 4 is 64.6 Å². The number of rotatable bonds is 6. The van der Waals surface area contributed by atoms with E-state index in [1.807, 2.05) is 41.7 Å². The summed E-state index contributed by atoms with van der Waals surface area (Å²) in [5.74, 6) is 1.99. The van der Waals surface area contributed by atoms with E-state index in [-0.39, 0.29) is 0 Å². The summed E-state index contributed by atoms with van der Waals surface area (Å²) in [4.78, 5) is 15.4. The summed E-state index contributed by atoms with van der Waals surface area (Å²) in [7, 11) is 0. The quantitative estimate of drug-likeness (QED) is 0.171. The molecule has 1 aliphatic rings. The zero-order valence-corrected chi connectivity index (χ0v) is 31.1. The normalized spacial score (nSPS) is 13.1. The number of hydrogen-bond acceptors (Lipinski definition) is 5. The van der Waals surface area contributed by atoms with Gasteiger partial charge in [-0.25, -0.2) is 15.0 Å². The van der Waals surface area contributed by atoms with Gasteiger partial charge in [0.25, 0.3) is 0 Å². The molecule has 0 spiro atoms. The second kappa shape index (κ2) is 13.4. The average molecular weight is 736 g/mol. The monoisotopic (exact) mass is 735 g/mol. The maximum Gasteiger partial charge on any atom is 0.164 e. The summed E-state index contributed by atoms with van der Waals surface area (Å²) in [6, 6.07) is 57.5. The molecule has 0 amide bonds. The van der Waals surface area contributed by atoms with Gasteiger partial charge in [0.15, 0.2) is 17.5 Å². The summed E-state index contributed by atoms with van der Waals surface area (Å²) < 4.78 is 9.11. The molecule has 0 bridgehead atoms. The maximum absolute atomic E-state index is 6.53. The zero-order valence-electron chi connectivity index (χ0n) is 30.3. The minimum absolute atomic E-state index is 0.631. The first-order valence-electron chi connectivity index (χ1n) is 19.0. The van der Waals surface area contributed by atoms with E-state index in [4.69, 9.17) is 19.4 Å². The van der Waals surface area contributed by atoms with Gasteiger partial charge in [-0.1, -0.05) is 158 Å². The summed E-state index contributed by atoms with van der Waals surface area (Å²) in [6.45, 7) is 0. The van der Waals surface area contributed by atoms with Crippen LogP contribution in [0.5, 0.6) is 0 Å². The number of benzene rings is 7. The van der Waals surface area contributed by atoms with Crippen molar-refractivity contribution in [3.05, 3.63) is 187 Å². The number of allylic oxidation sites excluding steroid dienone is 4. The van der Waals surface area contributed by atoms with Gasteiger partial charge >= 0.3 is 0 Å². The minimum atomic E-state index is 0.631. The van der Waals surface area contributed by atoms with Gasteiger partial charge in [0.1, 0.15) is 11.2 Å². The van der Waals surface area contributed by atoms with Crippen LogP contribution in [0, 0.1) is 0 Å². The van der Waals surface area contributed by atoms with Crippen LogP contribution in [0.4, 0.5) is 0 Å².